The van der Waals surface area contributed by atoms with E-state index in [2.05, 4.69) is 4.98 Å². The predicted octanol–water partition coefficient (Wildman–Crippen LogP) is 1.69. The lowest BCUT2D eigenvalue weighted by molar-refractivity contribution is 0.307. The fraction of sp³-hybridized carbons (Fsp3) is 0.636. The Bertz CT molecular complexity index is 580. The van der Waals surface area contributed by atoms with Crippen LogP contribution in [0.4, 0.5) is 4.39 Å². The first-order valence-electron chi connectivity index (χ1n) is 5.77. The average molecular weight is 259 g/mol. The highest BCUT2D eigenvalue weighted by Gasteiger charge is 2.41. The Morgan fingerprint density at radius 3 is 2.65 bits per heavy atom. The fourth-order valence-corrected chi connectivity index (χ4v) is 3.49. The van der Waals surface area contributed by atoms with Crippen LogP contribution in [-0.4, -0.2) is 9.55 Å². The van der Waals surface area contributed by atoms with Gasteiger partial charge in [-0.25, -0.2) is 4.79 Å². The first-order valence-corrected chi connectivity index (χ1v) is 6.15. The molecule has 0 aliphatic heterocycles. The van der Waals surface area contributed by atoms with Gasteiger partial charge in [-0.05, 0) is 31.1 Å². The van der Waals surface area contributed by atoms with Crippen molar-refractivity contribution < 1.29 is 4.39 Å². The fourth-order valence-electron chi connectivity index (χ4n) is 3.33. The van der Waals surface area contributed by atoms with Gasteiger partial charge in [0.2, 0.25) is 5.82 Å². The van der Waals surface area contributed by atoms with E-state index in [1.165, 1.54) is 0 Å². The van der Waals surface area contributed by atoms with E-state index in [1.807, 2.05) is 0 Å². The topological polar surface area (TPSA) is 54.9 Å². The molecule has 0 spiro atoms. The number of nitrogens with zero attached hydrogens (tertiary/aromatic N) is 1. The van der Waals surface area contributed by atoms with Crippen LogP contribution in [0.5, 0.6) is 0 Å². The number of hydrogen-bond donors (Lipinski definition) is 1. The van der Waals surface area contributed by atoms with Gasteiger partial charge in [0.05, 0.1) is 0 Å². The molecule has 1 N–H and O–H groups in total. The lowest BCUT2D eigenvalue weighted by atomic mass is 9.95. The first kappa shape index (κ1) is 11.0. The van der Waals surface area contributed by atoms with Crippen LogP contribution in [0.2, 0.25) is 5.15 Å². The second kappa shape index (κ2) is 3.70. The van der Waals surface area contributed by atoms with Crippen LogP contribution in [0.15, 0.2) is 9.59 Å². The zero-order valence-corrected chi connectivity index (χ0v) is 9.84. The molecule has 92 valence electrons. The molecule has 2 saturated carbocycles. The van der Waals surface area contributed by atoms with Crippen molar-refractivity contribution >= 4 is 11.6 Å². The van der Waals surface area contributed by atoms with Crippen molar-refractivity contribution in [2.24, 2.45) is 11.8 Å². The third-order valence-electron chi connectivity index (χ3n) is 4.07. The molecule has 2 aliphatic rings. The number of fused-ring (bicyclic) bond motifs is 2. The van der Waals surface area contributed by atoms with Crippen molar-refractivity contribution in [2.45, 2.75) is 31.7 Å². The summed E-state index contributed by atoms with van der Waals surface area (Å²) in [7, 11) is 0. The summed E-state index contributed by atoms with van der Waals surface area (Å²) >= 11 is 5.43. The minimum absolute atomic E-state index is 0.156. The highest BCUT2D eigenvalue weighted by molar-refractivity contribution is 6.29. The van der Waals surface area contributed by atoms with Gasteiger partial charge in [-0.1, -0.05) is 18.0 Å². The molecule has 0 saturated heterocycles. The number of nitrogens with one attached hydrogen (secondary N) is 1. The van der Waals surface area contributed by atoms with Gasteiger partial charge in [0.15, 0.2) is 5.15 Å². The molecule has 0 aromatic carbocycles. The van der Waals surface area contributed by atoms with Gasteiger partial charge in [-0.2, -0.15) is 4.39 Å². The Balaban J connectivity index is 2.13. The maximum atomic E-state index is 13.4. The minimum Gasteiger partial charge on any atom is -0.295 e. The summed E-state index contributed by atoms with van der Waals surface area (Å²) in [6.45, 7) is 0. The van der Waals surface area contributed by atoms with Crippen LogP contribution in [0.25, 0.3) is 0 Å². The van der Waals surface area contributed by atoms with Gasteiger partial charge >= 0.3 is 5.69 Å². The first-order chi connectivity index (χ1) is 8.08. The second-order valence-corrected chi connectivity index (χ2v) is 5.35. The molecule has 17 heavy (non-hydrogen) atoms. The molecule has 2 fully saturated rings. The number of H-pyrrole nitrogens is 1. The molecule has 3 atom stereocenters. The third-order valence-corrected chi connectivity index (χ3v) is 4.33. The van der Waals surface area contributed by atoms with Gasteiger partial charge in [0.1, 0.15) is 0 Å². The van der Waals surface area contributed by atoms with Crippen molar-refractivity contribution in [2.75, 3.05) is 0 Å². The highest BCUT2D eigenvalue weighted by atomic mass is 35.5. The highest BCUT2D eigenvalue weighted by Crippen LogP contribution is 2.49. The Hall–Kier alpha value is -1.10. The van der Waals surface area contributed by atoms with E-state index >= 15 is 0 Å². The van der Waals surface area contributed by atoms with Crippen LogP contribution >= 0.6 is 11.6 Å². The number of halogens is 2. The molecule has 1 aromatic rings. The molecular weight excluding hydrogens is 247 g/mol. The molecule has 6 heteroatoms. The van der Waals surface area contributed by atoms with Crippen LogP contribution in [-0.2, 0) is 0 Å². The van der Waals surface area contributed by atoms with Crippen molar-refractivity contribution in [1.82, 2.24) is 9.55 Å². The Labute approximate surface area is 101 Å². The number of aromatic amines is 1. The Kier molecular flexibility index (Phi) is 2.40. The number of aromatic nitrogens is 2. The zero-order valence-electron chi connectivity index (χ0n) is 9.08. The standard InChI is InChI=1S/C11H12ClFN2O2/c12-9-8(13)10(16)15(11(17)14-9)7-4-5-1-2-6(7)3-5/h5-7H,1-4H2,(H,14,17). The molecule has 4 nitrogen and oxygen atoms in total. The summed E-state index contributed by atoms with van der Waals surface area (Å²) < 4.78 is 14.5. The van der Waals surface area contributed by atoms with Gasteiger partial charge in [-0.3, -0.25) is 14.3 Å². The molecule has 0 amide bonds. The van der Waals surface area contributed by atoms with E-state index in [0.29, 0.717) is 11.8 Å². The van der Waals surface area contributed by atoms with Crippen LogP contribution in [0.1, 0.15) is 31.7 Å². The molecule has 1 aromatic heterocycles. The molecule has 0 radical (unpaired) electrons. The lowest BCUT2D eigenvalue weighted by Crippen LogP contribution is -2.41. The smallest absolute Gasteiger partial charge is 0.295 e. The number of hydrogen-bond acceptors (Lipinski definition) is 2. The van der Waals surface area contributed by atoms with E-state index in [0.717, 1.165) is 30.3 Å². The predicted molar refractivity (Wildman–Crippen MR) is 60.8 cm³/mol. The van der Waals surface area contributed by atoms with Crippen LogP contribution in [0.3, 0.4) is 0 Å². The summed E-state index contributed by atoms with van der Waals surface area (Å²) in [5.74, 6) is -0.150. The van der Waals surface area contributed by atoms with E-state index < -0.39 is 22.2 Å². The van der Waals surface area contributed by atoms with E-state index in [4.69, 9.17) is 11.6 Å². The van der Waals surface area contributed by atoms with Gasteiger partial charge < -0.3 is 0 Å². The monoisotopic (exact) mass is 258 g/mol. The summed E-state index contributed by atoms with van der Waals surface area (Å²) in [6.07, 6.45) is 4.02. The summed E-state index contributed by atoms with van der Waals surface area (Å²) in [6, 6.07) is -0.156. The summed E-state index contributed by atoms with van der Waals surface area (Å²) in [4.78, 5) is 25.7. The third kappa shape index (κ3) is 1.56. The van der Waals surface area contributed by atoms with Crippen molar-refractivity contribution in [3.63, 3.8) is 0 Å². The molecular formula is C11H12ClFN2O2. The normalized spacial score (nSPS) is 31.1. The van der Waals surface area contributed by atoms with Gasteiger partial charge in [0.25, 0.3) is 5.56 Å². The number of rotatable bonds is 1. The van der Waals surface area contributed by atoms with Gasteiger partial charge in [-0.15, -0.1) is 0 Å². The molecule has 2 bridgehead atoms. The quantitative estimate of drug-likeness (QED) is 0.780. The minimum atomic E-state index is -1.06. The molecule has 1 heterocycles. The van der Waals surface area contributed by atoms with Crippen molar-refractivity contribution in [3.8, 4) is 0 Å². The maximum absolute atomic E-state index is 13.4. The average Bonchev–Trinajstić information content (AvgIpc) is 2.88. The van der Waals surface area contributed by atoms with E-state index in [-0.39, 0.29) is 6.04 Å². The Morgan fingerprint density at radius 1 is 1.29 bits per heavy atom. The van der Waals surface area contributed by atoms with Crippen LogP contribution < -0.4 is 11.2 Å². The van der Waals surface area contributed by atoms with Gasteiger partial charge in [0, 0.05) is 6.04 Å². The van der Waals surface area contributed by atoms with Crippen molar-refractivity contribution in [1.29, 1.82) is 0 Å². The summed E-state index contributed by atoms with van der Waals surface area (Å²) in [5.41, 5.74) is -1.49. The SMILES string of the molecule is O=c1[nH]c(Cl)c(F)c(=O)n1C1CC2CCC1C2. The second-order valence-electron chi connectivity index (χ2n) is 4.98. The van der Waals surface area contributed by atoms with Crippen LogP contribution in [0, 0.1) is 17.7 Å². The molecule has 2 aliphatic carbocycles. The lowest BCUT2D eigenvalue weighted by Gasteiger charge is -2.22. The largest absolute Gasteiger partial charge is 0.329 e. The summed E-state index contributed by atoms with van der Waals surface area (Å²) in [5, 5.41) is -0.501. The zero-order chi connectivity index (χ0) is 12.2. The van der Waals surface area contributed by atoms with Crippen molar-refractivity contribution in [3.05, 3.63) is 31.8 Å². The Morgan fingerprint density at radius 2 is 2.06 bits per heavy atom. The molecule has 3 unspecified atom stereocenters. The molecule has 3 rings (SSSR count). The van der Waals surface area contributed by atoms with E-state index in [1.54, 1.807) is 0 Å². The van der Waals surface area contributed by atoms with E-state index in [9.17, 15) is 14.0 Å². The maximum Gasteiger partial charge on any atom is 0.329 e.